The van der Waals surface area contributed by atoms with Gasteiger partial charge in [-0.15, -0.1) is 0 Å². The molecule has 0 N–H and O–H groups in total. The zero-order valence-electron chi connectivity index (χ0n) is 12.8. The maximum atomic E-state index is 12.6. The fraction of sp³-hybridized carbons (Fsp3) is 0.278. The van der Waals surface area contributed by atoms with Crippen LogP contribution in [0.5, 0.6) is 0 Å². The number of rotatable bonds is 2. The Bertz CT molecular complexity index is 708. The molecule has 1 aromatic heterocycles. The number of Topliss-reactive ketones (excluding diaryl/α,β-unsaturated/α-hetero) is 1. The molecule has 0 amide bonds. The zero-order valence-corrected chi connectivity index (χ0v) is 12.8. The number of hydrogen-bond acceptors (Lipinski definition) is 2. The lowest BCUT2D eigenvalue weighted by Gasteiger charge is -2.19. The largest absolute Gasteiger partial charge is 0.383 e. The monoisotopic (exact) mass is 280 g/mol. The number of nitrogens with zero attached hydrogens (tertiary/aromatic N) is 2. The minimum absolute atomic E-state index is 0.169. The minimum Gasteiger partial charge on any atom is -0.383 e. The van der Waals surface area contributed by atoms with Crippen molar-refractivity contribution in [3.8, 4) is 5.69 Å². The van der Waals surface area contributed by atoms with E-state index in [9.17, 15) is 4.79 Å². The van der Waals surface area contributed by atoms with Crippen molar-refractivity contribution < 1.29 is 4.79 Å². The van der Waals surface area contributed by atoms with Gasteiger partial charge in [-0.2, -0.15) is 0 Å². The fourth-order valence-corrected chi connectivity index (χ4v) is 3.04. The number of aromatic nitrogens is 1. The Morgan fingerprint density at radius 3 is 2.52 bits per heavy atom. The molecule has 0 unspecified atom stereocenters. The molecule has 0 atom stereocenters. The number of para-hydroxylation sites is 1. The van der Waals surface area contributed by atoms with Gasteiger partial charge in [0.2, 0.25) is 0 Å². The van der Waals surface area contributed by atoms with E-state index in [4.69, 9.17) is 0 Å². The molecule has 0 saturated heterocycles. The molecule has 0 bridgehead atoms. The SMILES string of the molecule is Cc1cc2c(n1-c1ccccc1)CC/C(=C\N(C)C)C2=O. The van der Waals surface area contributed by atoms with Gasteiger partial charge >= 0.3 is 0 Å². The number of aryl methyl sites for hydroxylation is 1. The summed E-state index contributed by atoms with van der Waals surface area (Å²) in [6, 6.07) is 12.3. The lowest BCUT2D eigenvalue weighted by Crippen LogP contribution is -2.17. The van der Waals surface area contributed by atoms with Crippen LogP contribution in [0.15, 0.2) is 48.2 Å². The molecule has 0 saturated carbocycles. The van der Waals surface area contributed by atoms with E-state index >= 15 is 0 Å². The lowest BCUT2D eigenvalue weighted by atomic mass is 9.92. The normalized spacial score (nSPS) is 16.1. The van der Waals surface area contributed by atoms with Crippen molar-refractivity contribution in [1.29, 1.82) is 0 Å². The average molecular weight is 280 g/mol. The molecule has 0 fully saturated rings. The van der Waals surface area contributed by atoms with Crippen molar-refractivity contribution >= 4 is 5.78 Å². The highest BCUT2D eigenvalue weighted by Gasteiger charge is 2.26. The third-order valence-electron chi connectivity index (χ3n) is 3.88. The van der Waals surface area contributed by atoms with Crippen molar-refractivity contribution in [1.82, 2.24) is 9.47 Å². The first kappa shape index (κ1) is 13.7. The van der Waals surface area contributed by atoms with Crippen LogP contribution >= 0.6 is 0 Å². The molecule has 1 aromatic carbocycles. The Morgan fingerprint density at radius 2 is 1.86 bits per heavy atom. The van der Waals surface area contributed by atoms with Gasteiger partial charge in [0.25, 0.3) is 0 Å². The number of hydrogen-bond donors (Lipinski definition) is 0. The van der Waals surface area contributed by atoms with E-state index in [0.29, 0.717) is 0 Å². The van der Waals surface area contributed by atoms with Gasteiger partial charge in [-0.25, -0.2) is 0 Å². The molecule has 2 aromatic rings. The second-order valence-corrected chi connectivity index (χ2v) is 5.76. The van der Waals surface area contributed by atoms with Crippen LogP contribution < -0.4 is 0 Å². The molecule has 21 heavy (non-hydrogen) atoms. The summed E-state index contributed by atoms with van der Waals surface area (Å²) in [5.74, 6) is 0.169. The van der Waals surface area contributed by atoms with Crippen LogP contribution in [0.4, 0.5) is 0 Å². The topological polar surface area (TPSA) is 25.2 Å². The van der Waals surface area contributed by atoms with Crippen LogP contribution in [-0.2, 0) is 6.42 Å². The molecule has 108 valence electrons. The quantitative estimate of drug-likeness (QED) is 0.788. The first-order valence-electron chi connectivity index (χ1n) is 7.26. The molecular formula is C18H20N2O. The summed E-state index contributed by atoms with van der Waals surface area (Å²) in [6.07, 6.45) is 3.66. The second kappa shape index (κ2) is 5.24. The van der Waals surface area contributed by atoms with Gasteiger partial charge in [0, 0.05) is 48.5 Å². The molecule has 1 aliphatic rings. The van der Waals surface area contributed by atoms with Crippen LogP contribution in [0, 0.1) is 6.92 Å². The number of benzene rings is 1. The van der Waals surface area contributed by atoms with Crippen LogP contribution in [0.3, 0.4) is 0 Å². The Kier molecular flexibility index (Phi) is 3.42. The van der Waals surface area contributed by atoms with Gasteiger partial charge in [0.15, 0.2) is 5.78 Å². The zero-order chi connectivity index (χ0) is 15.0. The van der Waals surface area contributed by atoms with Gasteiger partial charge in [0.1, 0.15) is 0 Å². The molecule has 3 nitrogen and oxygen atoms in total. The summed E-state index contributed by atoms with van der Waals surface area (Å²) in [5.41, 5.74) is 5.14. The molecule has 1 aliphatic carbocycles. The third kappa shape index (κ3) is 2.40. The third-order valence-corrected chi connectivity index (χ3v) is 3.88. The van der Waals surface area contributed by atoms with E-state index in [1.807, 2.05) is 49.5 Å². The molecular weight excluding hydrogens is 260 g/mol. The van der Waals surface area contributed by atoms with Gasteiger partial charge in [-0.05, 0) is 38.0 Å². The highest BCUT2D eigenvalue weighted by Crippen LogP contribution is 2.30. The average Bonchev–Trinajstić information content (AvgIpc) is 2.80. The predicted octanol–water partition coefficient (Wildman–Crippen LogP) is 3.36. The first-order chi connectivity index (χ1) is 10.1. The van der Waals surface area contributed by atoms with Gasteiger partial charge in [0.05, 0.1) is 0 Å². The molecule has 3 rings (SSSR count). The van der Waals surface area contributed by atoms with Crippen LogP contribution in [0.25, 0.3) is 5.69 Å². The van der Waals surface area contributed by atoms with Crippen molar-refractivity contribution in [2.24, 2.45) is 0 Å². The fourth-order valence-electron chi connectivity index (χ4n) is 3.04. The standard InChI is InChI=1S/C18H20N2O/c1-13-11-16-17(20(13)15-7-5-4-6-8-15)10-9-14(18(16)21)12-19(2)3/h4-8,11-12H,9-10H2,1-3H3/b14-12+. The molecule has 1 heterocycles. The maximum Gasteiger partial charge on any atom is 0.192 e. The highest BCUT2D eigenvalue weighted by atomic mass is 16.1. The Morgan fingerprint density at radius 1 is 1.14 bits per heavy atom. The van der Waals surface area contributed by atoms with Crippen molar-refractivity contribution in [2.45, 2.75) is 19.8 Å². The van der Waals surface area contributed by atoms with E-state index in [-0.39, 0.29) is 5.78 Å². The lowest BCUT2D eigenvalue weighted by molar-refractivity contribution is 0.102. The second-order valence-electron chi connectivity index (χ2n) is 5.76. The summed E-state index contributed by atoms with van der Waals surface area (Å²) in [7, 11) is 3.91. The minimum atomic E-state index is 0.169. The van der Waals surface area contributed by atoms with Crippen molar-refractivity contribution in [2.75, 3.05) is 14.1 Å². The molecule has 3 heteroatoms. The molecule has 0 spiro atoms. The van der Waals surface area contributed by atoms with Crippen molar-refractivity contribution in [3.63, 3.8) is 0 Å². The van der Waals surface area contributed by atoms with Crippen LogP contribution in [0.1, 0.15) is 28.2 Å². The number of allylic oxidation sites excluding steroid dienone is 1. The van der Waals surface area contributed by atoms with Gasteiger partial charge in [-0.1, -0.05) is 18.2 Å². The molecule has 0 aliphatic heterocycles. The number of ketones is 1. The predicted molar refractivity (Wildman–Crippen MR) is 84.9 cm³/mol. The Labute approximate surface area is 125 Å². The summed E-state index contributed by atoms with van der Waals surface area (Å²) in [6.45, 7) is 2.06. The Hall–Kier alpha value is -2.29. The van der Waals surface area contributed by atoms with Gasteiger partial charge < -0.3 is 9.47 Å². The first-order valence-corrected chi connectivity index (χ1v) is 7.26. The van der Waals surface area contributed by atoms with E-state index in [0.717, 1.165) is 41.1 Å². The van der Waals surface area contributed by atoms with E-state index in [1.165, 1.54) is 0 Å². The van der Waals surface area contributed by atoms with E-state index in [2.05, 4.69) is 23.6 Å². The summed E-state index contributed by atoms with van der Waals surface area (Å²) in [4.78, 5) is 14.6. The van der Waals surface area contributed by atoms with Crippen molar-refractivity contribution in [3.05, 3.63) is 65.1 Å². The smallest absolute Gasteiger partial charge is 0.192 e. The molecule has 0 radical (unpaired) electrons. The summed E-state index contributed by atoms with van der Waals surface area (Å²) in [5, 5.41) is 0. The van der Waals surface area contributed by atoms with E-state index in [1.54, 1.807) is 0 Å². The van der Waals surface area contributed by atoms with Crippen LogP contribution in [-0.4, -0.2) is 29.3 Å². The Balaban J connectivity index is 2.09. The number of carbonyl (C=O) groups excluding carboxylic acids is 1. The maximum absolute atomic E-state index is 12.6. The summed E-state index contributed by atoms with van der Waals surface area (Å²) >= 11 is 0. The highest BCUT2D eigenvalue weighted by molar-refractivity contribution is 6.10. The van der Waals surface area contributed by atoms with Crippen LogP contribution in [0.2, 0.25) is 0 Å². The van der Waals surface area contributed by atoms with E-state index < -0.39 is 0 Å². The van der Waals surface area contributed by atoms with Gasteiger partial charge in [-0.3, -0.25) is 4.79 Å². The number of carbonyl (C=O) groups is 1. The summed E-state index contributed by atoms with van der Waals surface area (Å²) < 4.78 is 2.21. The number of fused-ring (bicyclic) bond motifs is 1.